The first-order chi connectivity index (χ1) is 14.2. The van der Waals surface area contributed by atoms with E-state index in [1.54, 1.807) is 6.20 Å². The van der Waals surface area contributed by atoms with Gasteiger partial charge in [-0.2, -0.15) is 4.98 Å². The first kappa shape index (κ1) is 24.7. The van der Waals surface area contributed by atoms with Crippen LogP contribution < -0.4 is 15.5 Å². The Hall–Kier alpha value is -2.52. The number of aliphatic hydroxyl groups excluding tert-OH is 1. The molecule has 3 N–H and O–H groups in total. The largest absolute Gasteiger partial charge is 0.378 e. The number of hydrogen-bond acceptors (Lipinski definition) is 6. The maximum absolute atomic E-state index is 13.3. The van der Waals surface area contributed by atoms with Crippen molar-refractivity contribution in [3.05, 3.63) is 47.2 Å². The van der Waals surface area contributed by atoms with Crippen LogP contribution in [0.4, 0.5) is 20.5 Å². The van der Waals surface area contributed by atoms with Gasteiger partial charge in [0.1, 0.15) is 5.82 Å². The first-order valence-corrected chi connectivity index (χ1v) is 9.95. The van der Waals surface area contributed by atoms with Crippen molar-refractivity contribution in [3.8, 4) is 0 Å². The number of carbonyl (C=O) groups excluding carboxylic acids is 1. The topological polar surface area (TPSA) is 90.4 Å². The van der Waals surface area contributed by atoms with E-state index < -0.39 is 23.6 Å². The molecule has 1 aliphatic carbocycles. The summed E-state index contributed by atoms with van der Waals surface area (Å²) in [5.41, 5.74) is 1.02. The zero-order valence-electron chi connectivity index (χ0n) is 17.7. The summed E-state index contributed by atoms with van der Waals surface area (Å²) in [5.74, 6) is -1.30. The van der Waals surface area contributed by atoms with Crippen molar-refractivity contribution in [3.63, 3.8) is 0 Å². The second kappa shape index (κ2) is 10.7. The van der Waals surface area contributed by atoms with E-state index in [-0.39, 0.29) is 30.1 Å². The second-order valence-electron chi connectivity index (χ2n) is 7.87. The third-order valence-electron chi connectivity index (χ3n) is 5.28. The number of hydrogen-bond donors (Lipinski definition) is 3. The standard InChI is InChI=1S/C21H27F2N5O2.ClH/c1-12-11-24-21(27-19(12)28(2)3)26-15-7-5-14(6-8-15)25-20(30)18(29)13-4-9-16(22)17(23)10-13;/h4,9-11,14-15,18,29H,5-8H2,1-3H3,(H,25,30)(H,24,26,27);1H. The summed E-state index contributed by atoms with van der Waals surface area (Å²) in [7, 11) is 3.86. The molecule has 1 aromatic heterocycles. The van der Waals surface area contributed by atoms with Gasteiger partial charge in [-0.05, 0) is 50.3 Å². The second-order valence-corrected chi connectivity index (χ2v) is 7.87. The summed E-state index contributed by atoms with van der Waals surface area (Å²) in [6, 6.07) is 3.03. The molecule has 0 spiro atoms. The Morgan fingerprint density at radius 1 is 1.16 bits per heavy atom. The van der Waals surface area contributed by atoms with Gasteiger partial charge in [-0.3, -0.25) is 4.79 Å². The van der Waals surface area contributed by atoms with Gasteiger partial charge in [-0.1, -0.05) is 6.07 Å². The van der Waals surface area contributed by atoms with Crippen LogP contribution in [0.3, 0.4) is 0 Å². The highest BCUT2D eigenvalue weighted by atomic mass is 35.5. The zero-order valence-corrected chi connectivity index (χ0v) is 18.5. The first-order valence-electron chi connectivity index (χ1n) is 9.95. The van der Waals surface area contributed by atoms with Crippen LogP contribution >= 0.6 is 12.4 Å². The number of halogens is 3. The average molecular weight is 456 g/mol. The minimum Gasteiger partial charge on any atom is -0.378 e. The molecule has 1 aliphatic rings. The highest BCUT2D eigenvalue weighted by molar-refractivity contribution is 5.85. The summed E-state index contributed by atoms with van der Waals surface area (Å²) >= 11 is 0. The number of nitrogens with zero attached hydrogens (tertiary/aromatic N) is 3. The molecule has 0 radical (unpaired) electrons. The number of amides is 1. The molecule has 0 saturated heterocycles. The number of aromatic nitrogens is 2. The number of aliphatic hydroxyl groups is 1. The fourth-order valence-electron chi connectivity index (χ4n) is 3.63. The SMILES string of the molecule is Cc1cnc(NC2CCC(NC(=O)C(O)c3ccc(F)c(F)c3)CC2)nc1N(C)C.Cl. The van der Waals surface area contributed by atoms with Gasteiger partial charge in [0.25, 0.3) is 5.91 Å². The maximum Gasteiger partial charge on any atom is 0.253 e. The fourth-order valence-corrected chi connectivity index (χ4v) is 3.63. The molecule has 1 saturated carbocycles. The molecule has 1 unspecified atom stereocenters. The zero-order chi connectivity index (χ0) is 21.8. The molecular formula is C21H28ClF2N5O2. The minimum absolute atomic E-state index is 0. The van der Waals surface area contributed by atoms with E-state index in [0.29, 0.717) is 5.95 Å². The van der Waals surface area contributed by atoms with Crippen LogP contribution in [0.25, 0.3) is 0 Å². The van der Waals surface area contributed by atoms with Crippen LogP contribution in [0.1, 0.15) is 42.9 Å². The Balaban J connectivity index is 0.00000341. The van der Waals surface area contributed by atoms with E-state index in [9.17, 15) is 18.7 Å². The lowest BCUT2D eigenvalue weighted by Gasteiger charge is -2.30. The molecule has 1 atom stereocenters. The molecule has 2 aromatic rings. The molecule has 170 valence electrons. The van der Waals surface area contributed by atoms with E-state index in [0.717, 1.165) is 49.2 Å². The normalized spacial score (nSPS) is 19.2. The molecule has 1 heterocycles. The third-order valence-corrected chi connectivity index (χ3v) is 5.28. The van der Waals surface area contributed by atoms with Gasteiger partial charge in [-0.15, -0.1) is 12.4 Å². The Kier molecular flexibility index (Phi) is 8.52. The lowest BCUT2D eigenvalue weighted by molar-refractivity contribution is -0.130. The quantitative estimate of drug-likeness (QED) is 0.620. The van der Waals surface area contributed by atoms with E-state index in [1.165, 1.54) is 6.07 Å². The summed E-state index contributed by atoms with van der Waals surface area (Å²) in [6.07, 6.45) is 3.31. The van der Waals surface area contributed by atoms with Gasteiger partial charge < -0.3 is 20.6 Å². The average Bonchev–Trinajstić information content (AvgIpc) is 2.72. The van der Waals surface area contributed by atoms with Crippen molar-refractivity contribution in [2.75, 3.05) is 24.3 Å². The van der Waals surface area contributed by atoms with Crippen molar-refractivity contribution >= 4 is 30.1 Å². The number of anilines is 2. The lowest BCUT2D eigenvalue weighted by atomic mass is 9.91. The van der Waals surface area contributed by atoms with Crippen LogP contribution in [0.2, 0.25) is 0 Å². The predicted octanol–water partition coefficient (Wildman–Crippen LogP) is 3.12. The number of rotatable bonds is 6. The van der Waals surface area contributed by atoms with E-state index >= 15 is 0 Å². The fraction of sp³-hybridized carbons (Fsp3) is 0.476. The Morgan fingerprint density at radius 3 is 2.42 bits per heavy atom. The summed E-state index contributed by atoms with van der Waals surface area (Å²) in [5, 5.41) is 16.3. The molecule has 7 nitrogen and oxygen atoms in total. The highest BCUT2D eigenvalue weighted by Crippen LogP contribution is 2.24. The van der Waals surface area contributed by atoms with E-state index in [4.69, 9.17) is 0 Å². The van der Waals surface area contributed by atoms with Gasteiger partial charge >= 0.3 is 0 Å². The van der Waals surface area contributed by atoms with Gasteiger partial charge in [-0.25, -0.2) is 13.8 Å². The van der Waals surface area contributed by atoms with Crippen LogP contribution in [0, 0.1) is 18.6 Å². The minimum atomic E-state index is -1.54. The molecule has 0 bridgehead atoms. The molecule has 1 aromatic carbocycles. The van der Waals surface area contributed by atoms with Crippen LogP contribution in [0.5, 0.6) is 0 Å². The van der Waals surface area contributed by atoms with Crippen molar-refractivity contribution in [2.45, 2.75) is 50.8 Å². The third kappa shape index (κ3) is 6.24. The van der Waals surface area contributed by atoms with E-state index in [1.807, 2.05) is 25.9 Å². The molecule has 1 amide bonds. The van der Waals surface area contributed by atoms with Crippen molar-refractivity contribution < 1.29 is 18.7 Å². The smallest absolute Gasteiger partial charge is 0.253 e. The van der Waals surface area contributed by atoms with Gasteiger partial charge in [0.05, 0.1) is 0 Å². The highest BCUT2D eigenvalue weighted by Gasteiger charge is 2.26. The predicted molar refractivity (Wildman–Crippen MR) is 117 cm³/mol. The van der Waals surface area contributed by atoms with Crippen molar-refractivity contribution in [2.24, 2.45) is 0 Å². The molecule has 10 heteroatoms. The Labute approximate surface area is 186 Å². The Morgan fingerprint density at radius 2 is 1.81 bits per heavy atom. The number of aryl methyl sites for hydroxylation is 1. The van der Waals surface area contributed by atoms with Crippen LogP contribution in [0.15, 0.2) is 24.4 Å². The van der Waals surface area contributed by atoms with Crippen molar-refractivity contribution in [1.82, 2.24) is 15.3 Å². The van der Waals surface area contributed by atoms with Gasteiger partial charge in [0.2, 0.25) is 5.95 Å². The van der Waals surface area contributed by atoms with Gasteiger partial charge in [0, 0.05) is 37.9 Å². The monoisotopic (exact) mass is 455 g/mol. The van der Waals surface area contributed by atoms with Crippen molar-refractivity contribution in [1.29, 1.82) is 0 Å². The van der Waals surface area contributed by atoms with Crippen LogP contribution in [-0.4, -0.2) is 47.2 Å². The molecule has 3 rings (SSSR count). The Bertz CT molecular complexity index is 907. The van der Waals surface area contributed by atoms with Gasteiger partial charge in [0.15, 0.2) is 17.7 Å². The van der Waals surface area contributed by atoms with Crippen LogP contribution in [-0.2, 0) is 4.79 Å². The summed E-state index contributed by atoms with van der Waals surface area (Å²) < 4.78 is 26.4. The molecule has 0 aliphatic heterocycles. The lowest BCUT2D eigenvalue weighted by Crippen LogP contribution is -2.42. The maximum atomic E-state index is 13.3. The summed E-state index contributed by atoms with van der Waals surface area (Å²) in [6.45, 7) is 1.96. The number of carbonyl (C=O) groups is 1. The molecular weight excluding hydrogens is 428 g/mol. The molecule has 31 heavy (non-hydrogen) atoms. The number of benzene rings is 1. The summed E-state index contributed by atoms with van der Waals surface area (Å²) in [4.78, 5) is 23.1. The molecule has 1 fully saturated rings. The van der Waals surface area contributed by atoms with E-state index in [2.05, 4.69) is 20.6 Å². The number of nitrogens with one attached hydrogen (secondary N) is 2.